The van der Waals surface area contributed by atoms with Gasteiger partial charge in [0.1, 0.15) is 4.88 Å². The van der Waals surface area contributed by atoms with Crippen molar-refractivity contribution in [2.75, 3.05) is 13.1 Å². The van der Waals surface area contributed by atoms with Crippen LogP contribution in [0.25, 0.3) is 0 Å². The van der Waals surface area contributed by atoms with E-state index in [2.05, 4.69) is 4.98 Å². The van der Waals surface area contributed by atoms with Crippen molar-refractivity contribution in [3.63, 3.8) is 0 Å². The molecule has 0 radical (unpaired) electrons. The monoisotopic (exact) mass is 240 g/mol. The zero-order chi connectivity index (χ0) is 11.5. The van der Waals surface area contributed by atoms with Crippen molar-refractivity contribution in [3.8, 4) is 0 Å². The van der Waals surface area contributed by atoms with Crippen molar-refractivity contribution in [2.24, 2.45) is 5.92 Å². The summed E-state index contributed by atoms with van der Waals surface area (Å²) in [6.07, 6.45) is 2.93. The van der Waals surface area contributed by atoms with Crippen molar-refractivity contribution in [3.05, 3.63) is 16.6 Å². The molecule has 6 heteroatoms. The maximum atomic E-state index is 11.9. The summed E-state index contributed by atoms with van der Waals surface area (Å²) in [6.45, 7) is 0.951. The molecule has 1 fully saturated rings. The first kappa shape index (κ1) is 11.1. The fourth-order valence-corrected chi connectivity index (χ4v) is 2.43. The smallest absolute Gasteiger partial charge is 0.308 e. The molecule has 2 rings (SSSR count). The third-order valence-corrected chi connectivity index (χ3v) is 3.46. The lowest BCUT2D eigenvalue weighted by Crippen LogP contribution is -2.42. The zero-order valence-electron chi connectivity index (χ0n) is 8.63. The van der Waals surface area contributed by atoms with Crippen molar-refractivity contribution in [2.45, 2.75) is 12.8 Å². The quantitative estimate of drug-likeness (QED) is 0.839. The summed E-state index contributed by atoms with van der Waals surface area (Å²) < 4.78 is 0. The number of likely N-dealkylation sites (tertiary alicyclic amines) is 1. The number of nitrogens with zero attached hydrogens (tertiary/aromatic N) is 2. The molecule has 1 amide bonds. The fraction of sp³-hybridized carbons (Fsp3) is 0.500. The Hall–Kier alpha value is -1.43. The average Bonchev–Trinajstić information content (AvgIpc) is 2.81. The molecule has 1 aromatic heterocycles. The number of carboxylic acids is 1. The Morgan fingerprint density at radius 3 is 3.00 bits per heavy atom. The molecule has 0 unspecified atom stereocenters. The molecule has 0 bridgehead atoms. The predicted molar refractivity (Wildman–Crippen MR) is 58.4 cm³/mol. The molecule has 16 heavy (non-hydrogen) atoms. The molecule has 0 aromatic carbocycles. The number of thiazole rings is 1. The van der Waals surface area contributed by atoms with Crippen LogP contribution in [0.4, 0.5) is 0 Å². The van der Waals surface area contributed by atoms with Crippen molar-refractivity contribution < 1.29 is 14.7 Å². The minimum atomic E-state index is -0.818. The number of carbonyl (C=O) groups excluding carboxylic acids is 1. The van der Waals surface area contributed by atoms with Crippen LogP contribution in [0.5, 0.6) is 0 Å². The summed E-state index contributed by atoms with van der Waals surface area (Å²) in [5.41, 5.74) is 1.60. The van der Waals surface area contributed by atoms with Crippen LogP contribution in [0.2, 0.25) is 0 Å². The molecule has 5 nitrogen and oxygen atoms in total. The molecule has 1 atom stereocenters. The Balaban J connectivity index is 2.05. The minimum Gasteiger partial charge on any atom is -0.481 e. The lowest BCUT2D eigenvalue weighted by Gasteiger charge is -2.30. The van der Waals surface area contributed by atoms with Gasteiger partial charge in [0.25, 0.3) is 5.91 Å². The van der Waals surface area contributed by atoms with E-state index >= 15 is 0 Å². The number of carboxylic acid groups (broad SMARTS) is 1. The van der Waals surface area contributed by atoms with Gasteiger partial charge in [-0.15, -0.1) is 11.3 Å². The zero-order valence-corrected chi connectivity index (χ0v) is 9.44. The minimum absolute atomic E-state index is 0.103. The maximum absolute atomic E-state index is 11.9. The van der Waals surface area contributed by atoms with E-state index in [1.165, 1.54) is 17.5 Å². The van der Waals surface area contributed by atoms with Crippen molar-refractivity contribution >= 4 is 23.2 Å². The fourth-order valence-electron chi connectivity index (χ4n) is 1.84. The van der Waals surface area contributed by atoms with Crippen LogP contribution < -0.4 is 0 Å². The lowest BCUT2D eigenvalue weighted by atomic mass is 9.98. The molecule has 1 aliphatic heterocycles. The second-order valence-corrected chi connectivity index (χ2v) is 4.68. The van der Waals surface area contributed by atoms with Gasteiger partial charge in [-0.3, -0.25) is 14.6 Å². The number of aromatic nitrogens is 1. The van der Waals surface area contributed by atoms with Gasteiger partial charge in [-0.25, -0.2) is 0 Å². The van der Waals surface area contributed by atoms with E-state index in [9.17, 15) is 9.59 Å². The van der Waals surface area contributed by atoms with Gasteiger partial charge in [0.2, 0.25) is 0 Å². The summed E-state index contributed by atoms with van der Waals surface area (Å²) in [5, 5.41) is 8.92. The first-order valence-electron chi connectivity index (χ1n) is 5.09. The van der Waals surface area contributed by atoms with Crippen LogP contribution in [-0.4, -0.2) is 40.0 Å². The molecule has 2 heterocycles. The number of amides is 1. The van der Waals surface area contributed by atoms with Crippen molar-refractivity contribution in [1.82, 2.24) is 9.88 Å². The Morgan fingerprint density at radius 1 is 1.56 bits per heavy atom. The van der Waals surface area contributed by atoms with E-state index in [4.69, 9.17) is 5.11 Å². The Bertz CT molecular complexity index is 391. The summed E-state index contributed by atoms with van der Waals surface area (Å²) >= 11 is 1.28. The van der Waals surface area contributed by atoms with Crippen LogP contribution in [0.1, 0.15) is 22.5 Å². The average molecular weight is 240 g/mol. The highest BCUT2D eigenvalue weighted by atomic mass is 32.1. The second kappa shape index (κ2) is 4.61. The standard InChI is InChI=1S/C10H12N2O3S/c13-9(8-4-11-6-16-8)12-3-1-2-7(5-12)10(14)15/h4,6-7H,1-3,5H2,(H,14,15)/t7-/m0/s1. The van der Waals surface area contributed by atoms with E-state index in [0.717, 1.165) is 6.42 Å². The first-order chi connectivity index (χ1) is 7.68. The lowest BCUT2D eigenvalue weighted by molar-refractivity contribution is -0.143. The van der Waals surface area contributed by atoms with Crippen LogP contribution >= 0.6 is 11.3 Å². The predicted octanol–water partition coefficient (Wildman–Crippen LogP) is 1.08. The summed E-state index contributed by atoms with van der Waals surface area (Å²) in [5.74, 6) is -1.35. The molecule has 1 N–H and O–H groups in total. The molecule has 1 saturated heterocycles. The maximum Gasteiger partial charge on any atom is 0.308 e. The first-order valence-corrected chi connectivity index (χ1v) is 5.97. The highest BCUT2D eigenvalue weighted by Gasteiger charge is 2.28. The largest absolute Gasteiger partial charge is 0.481 e. The third kappa shape index (κ3) is 2.21. The van der Waals surface area contributed by atoms with Gasteiger partial charge in [-0.2, -0.15) is 0 Å². The van der Waals surface area contributed by atoms with E-state index in [1.54, 1.807) is 10.4 Å². The van der Waals surface area contributed by atoms with Gasteiger partial charge in [-0.05, 0) is 12.8 Å². The van der Waals surface area contributed by atoms with Gasteiger partial charge in [0.05, 0.1) is 17.6 Å². The normalized spacial score (nSPS) is 20.8. The van der Waals surface area contributed by atoms with Crippen LogP contribution in [0.15, 0.2) is 11.7 Å². The van der Waals surface area contributed by atoms with Gasteiger partial charge in [0.15, 0.2) is 0 Å². The van der Waals surface area contributed by atoms with Gasteiger partial charge in [0, 0.05) is 13.1 Å². The third-order valence-electron chi connectivity index (χ3n) is 2.70. The van der Waals surface area contributed by atoms with Crippen LogP contribution in [-0.2, 0) is 4.79 Å². The number of rotatable bonds is 2. The highest BCUT2D eigenvalue weighted by Crippen LogP contribution is 2.19. The molecule has 0 saturated carbocycles. The van der Waals surface area contributed by atoms with E-state index in [-0.39, 0.29) is 5.91 Å². The van der Waals surface area contributed by atoms with Crippen LogP contribution in [0, 0.1) is 5.92 Å². The molecule has 86 valence electrons. The number of hydrogen-bond donors (Lipinski definition) is 1. The molecule has 0 spiro atoms. The molecular formula is C10H12N2O3S. The highest BCUT2D eigenvalue weighted by molar-refractivity contribution is 7.11. The van der Waals surface area contributed by atoms with E-state index in [0.29, 0.717) is 24.4 Å². The molecule has 1 aliphatic rings. The number of carbonyl (C=O) groups is 2. The SMILES string of the molecule is O=C(O)[C@H]1CCCN(C(=O)c2cncs2)C1. The number of piperidine rings is 1. The second-order valence-electron chi connectivity index (χ2n) is 3.79. The molecular weight excluding hydrogens is 228 g/mol. The van der Waals surface area contributed by atoms with E-state index in [1.807, 2.05) is 0 Å². The van der Waals surface area contributed by atoms with Crippen LogP contribution in [0.3, 0.4) is 0 Å². The topological polar surface area (TPSA) is 70.5 Å². The summed E-state index contributed by atoms with van der Waals surface area (Å²) in [6, 6.07) is 0. The Kier molecular flexibility index (Phi) is 3.19. The van der Waals surface area contributed by atoms with Gasteiger partial charge >= 0.3 is 5.97 Å². The number of aliphatic carboxylic acids is 1. The Labute approximate surface area is 96.7 Å². The molecule has 1 aromatic rings. The van der Waals surface area contributed by atoms with Gasteiger partial charge in [-0.1, -0.05) is 0 Å². The van der Waals surface area contributed by atoms with Crippen molar-refractivity contribution in [1.29, 1.82) is 0 Å². The summed E-state index contributed by atoms with van der Waals surface area (Å²) in [7, 11) is 0. The number of hydrogen-bond acceptors (Lipinski definition) is 4. The van der Waals surface area contributed by atoms with E-state index < -0.39 is 11.9 Å². The molecule has 0 aliphatic carbocycles. The Morgan fingerprint density at radius 2 is 2.38 bits per heavy atom. The van der Waals surface area contributed by atoms with Gasteiger partial charge < -0.3 is 10.0 Å². The summed E-state index contributed by atoms with van der Waals surface area (Å²) in [4.78, 5) is 28.8.